The van der Waals surface area contributed by atoms with Gasteiger partial charge in [-0.15, -0.1) is 0 Å². The molecule has 1 fully saturated rings. The second-order valence-electron chi connectivity index (χ2n) is 7.47. The minimum absolute atomic E-state index is 0.0171. The predicted molar refractivity (Wildman–Crippen MR) is 107 cm³/mol. The highest BCUT2D eigenvalue weighted by Gasteiger charge is 2.22. The summed E-state index contributed by atoms with van der Waals surface area (Å²) in [5.41, 5.74) is 4.77. The quantitative estimate of drug-likeness (QED) is 0.774. The first-order valence-electron chi connectivity index (χ1n) is 9.62. The minimum Gasteiger partial charge on any atom is -0.349 e. The van der Waals surface area contributed by atoms with Gasteiger partial charge in [0, 0.05) is 43.3 Å². The second kappa shape index (κ2) is 7.53. The highest BCUT2D eigenvalue weighted by Crippen LogP contribution is 2.17. The lowest BCUT2D eigenvalue weighted by Crippen LogP contribution is -2.44. The van der Waals surface area contributed by atoms with Gasteiger partial charge < -0.3 is 9.72 Å². The van der Waals surface area contributed by atoms with Crippen LogP contribution >= 0.6 is 0 Å². The van der Waals surface area contributed by atoms with Crippen LogP contribution in [0.25, 0.3) is 5.65 Å². The Bertz CT molecular complexity index is 940. The van der Waals surface area contributed by atoms with Gasteiger partial charge >= 0.3 is 0 Å². The molecule has 1 saturated heterocycles. The third kappa shape index (κ3) is 3.88. The number of likely N-dealkylation sites (tertiary alicyclic amines) is 1. The van der Waals surface area contributed by atoms with Crippen LogP contribution in [0.1, 0.15) is 40.2 Å². The first-order valence-corrected chi connectivity index (χ1v) is 9.62. The molecule has 2 aromatic heterocycles. The van der Waals surface area contributed by atoms with Gasteiger partial charge in [-0.25, -0.2) is 4.98 Å². The van der Waals surface area contributed by atoms with Crippen molar-refractivity contribution in [2.75, 3.05) is 13.1 Å². The van der Waals surface area contributed by atoms with Gasteiger partial charge in [-0.2, -0.15) is 0 Å². The summed E-state index contributed by atoms with van der Waals surface area (Å²) in [6.07, 6.45) is 3.89. The topological polar surface area (TPSA) is 49.6 Å². The average Bonchev–Trinajstić information content (AvgIpc) is 3.08. The van der Waals surface area contributed by atoms with Crippen LogP contribution in [0.2, 0.25) is 0 Å². The number of hydrogen-bond acceptors (Lipinski definition) is 3. The predicted octanol–water partition coefficient (Wildman–Crippen LogP) is 3.35. The van der Waals surface area contributed by atoms with E-state index in [1.165, 1.54) is 5.56 Å². The Hall–Kier alpha value is -2.66. The Morgan fingerprint density at radius 3 is 2.63 bits per heavy atom. The zero-order valence-electron chi connectivity index (χ0n) is 16.0. The summed E-state index contributed by atoms with van der Waals surface area (Å²) >= 11 is 0. The van der Waals surface area contributed by atoms with Gasteiger partial charge in [0.1, 0.15) is 5.65 Å². The van der Waals surface area contributed by atoms with Crippen molar-refractivity contribution >= 4 is 11.6 Å². The molecule has 0 bridgehead atoms. The Labute approximate surface area is 160 Å². The molecule has 0 aliphatic carbocycles. The summed E-state index contributed by atoms with van der Waals surface area (Å²) < 4.78 is 1.98. The summed E-state index contributed by atoms with van der Waals surface area (Å²) in [7, 11) is 0. The van der Waals surface area contributed by atoms with Gasteiger partial charge in [-0.3, -0.25) is 9.69 Å². The zero-order valence-corrected chi connectivity index (χ0v) is 16.0. The summed E-state index contributed by atoms with van der Waals surface area (Å²) in [6.45, 7) is 6.99. The Morgan fingerprint density at radius 2 is 1.89 bits per heavy atom. The number of aryl methyl sites for hydroxylation is 2. The fourth-order valence-corrected chi connectivity index (χ4v) is 3.91. The van der Waals surface area contributed by atoms with Crippen molar-refractivity contribution in [2.45, 2.75) is 39.3 Å². The van der Waals surface area contributed by atoms with Crippen LogP contribution in [-0.2, 0) is 6.54 Å². The molecule has 1 N–H and O–H groups in total. The molecule has 1 aliphatic rings. The zero-order chi connectivity index (χ0) is 18.8. The van der Waals surface area contributed by atoms with Crippen LogP contribution in [-0.4, -0.2) is 39.3 Å². The van der Waals surface area contributed by atoms with Gasteiger partial charge in [0.05, 0.1) is 5.56 Å². The van der Waals surface area contributed by atoms with E-state index in [1.807, 2.05) is 36.6 Å². The number of nitrogens with one attached hydrogen (secondary N) is 1. The molecular weight excluding hydrogens is 336 g/mol. The first kappa shape index (κ1) is 17.7. The number of piperidine rings is 1. The fraction of sp³-hybridized carbons (Fsp3) is 0.364. The lowest BCUT2D eigenvalue weighted by atomic mass is 10.0. The smallest absolute Gasteiger partial charge is 0.255 e. The van der Waals surface area contributed by atoms with Crippen molar-refractivity contribution < 1.29 is 4.79 Å². The number of fused-ring (bicyclic) bond motifs is 1. The lowest BCUT2D eigenvalue weighted by Gasteiger charge is -2.32. The van der Waals surface area contributed by atoms with Crippen LogP contribution in [0.4, 0.5) is 0 Å². The van der Waals surface area contributed by atoms with Crippen molar-refractivity contribution in [1.82, 2.24) is 19.6 Å². The molecule has 0 atom stereocenters. The summed E-state index contributed by atoms with van der Waals surface area (Å²) in [4.78, 5) is 19.8. The van der Waals surface area contributed by atoms with Gasteiger partial charge in [0.25, 0.3) is 5.91 Å². The minimum atomic E-state index is -0.0171. The van der Waals surface area contributed by atoms with Gasteiger partial charge in [0.2, 0.25) is 0 Å². The molecule has 1 amide bonds. The molecule has 1 aliphatic heterocycles. The maximum absolute atomic E-state index is 12.8. The molecule has 5 nitrogen and oxygen atoms in total. The van der Waals surface area contributed by atoms with Gasteiger partial charge in [-0.05, 0) is 44.4 Å². The van der Waals surface area contributed by atoms with Gasteiger partial charge in [0.15, 0.2) is 0 Å². The molecule has 4 rings (SSSR count). The number of nitrogens with zero attached hydrogens (tertiary/aromatic N) is 3. The molecule has 3 aromatic rings. The Balaban J connectivity index is 1.37. The lowest BCUT2D eigenvalue weighted by molar-refractivity contribution is 0.0910. The number of carbonyl (C=O) groups is 1. The average molecular weight is 362 g/mol. The Morgan fingerprint density at radius 1 is 1.15 bits per heavy atom. The van der Waals surface area contributed by atoms with Crippen molar-refractivity contribution in [2.24, 2.45) is 0 Å². The van der Waals surface area contributed by atoms with E-state index in [4.69, 9.17) is 0 Å². The number of rotatable bonds is 4. The molecule has 3 heterocycles. The maximum atomic E-state index is 12.8. The molecule has 140 valence electrons. The third-order valence-electron chi connectivity index (χ3n) is 5.36. The number of aromatic nitrogens is 2. The molecule has 0 radical (unpaired) electrons. The molecule has 27 heavy (non-hydrogen) atoms. The van der Waals surface area contributed by atoms with Crippen LogP contribution in [0.15, 0.2) is 48.7 Å². The van der Waals surface area contributed by atoms with E-state index in [0.29, 0.717) is 5.56 Å². The summed E-state index contributed by atoms with van der Waals surface area (Å²) in [6, 6.07) is 14.7. The van der Waals surface area contributed by atoms with Crippen molar-refractivity contribution in [1.29, 1.82) is 0 Å². The number of amides is 1. The Kier molecular flexibility index (Phi) is 4.94. The number of hydrogen-bond donors (Lipinski definition) is 1. The van der Waals surface area contributed by atoms with E-state index in [1.54, 1.807) is 0 Å². The van der Waals surface area contributed by atoms with E-state index in [-0.39, 0.29) is 11.9 Å². The third-order valence-corrected chi connectivity index (χ3v) is 5.36. The van der Waals surface area contributed by atoms with Crippen LogP contribution in [0.5, 0.6) is 0 Å². The maximum Gasteiger partial charge on any atom is 0.255 e. The standard InChI is InChI=1S/C22H26N4O/c1-16-14-17(2)26-13-10-20(21(26)23-16)22(27)24-19-8-11-25(12-9-19)15-18-6-4-3-5-7-18/h3-7,10,13-14,19H,8-9,11-12,15H2,1-2H3,(H,24,27). The summed E-state index contributed by atoms with van der Waals surface area (Å²) in [5.74, 6) is -0.0171. The van der Waals surface area contributed by atoms with Crippen LogP contribution in [0.3, 0.4) is 0 Å². The van der Waals surface area contributed by atoms with Crippen molar-refractivity contribution in [3.05, 3.63) is 71.2 Å². The molecule has 0 saturated carbocycles. The largest absolute Gasteiger partial charge is 0.349 e. The van der Waals surface area contributed by atoms with E-state index in [2.05, 4.69) is 45.5 Å². The van der Waals surface area contributed by atoms with Crippen molar-refractivity contribution in [3.63, 3.8) is 0 Å². The van der Waals surface area contributed by atoms with Crippen molar-refractivity contribution in [3.8, 4) is 0 Å². The molecule has 1 aromatic carbocycles. The van der Waals surface area contributed by atoms with Gasteiger partial charge in [-0.1, -0.05) is 30.3 Å². The number of benzene rings is 1. The highest BCUT2D eigenvalue weighted by molar-refractivity contribution is 6.00. The second-order valence-corrected chi connectivity index (χ2v) is 7.47. The van der Waals surface area contributed by atoms with E-state index in [0.717, 1.165) is 49.5 Å². The monoisotopic (exact) mass is 362 g/mol. The van der Waals surface area contributed by atoms with E-state index < -0.39 is 0 Å². The molecule has 0 spiro atoms. The van der Waals surface area contributed by atoms with E-state index >= 15 is 0 Å². The number of carbonyl (C=O) groups excluding carboxylic acids is 1. The molecule has 5 heteroatoms. The fourth-order valence-electron chi connectivity index (χ4n) is 3.91. The highest BCUT2D eigenvalue weighted by atomic mass is 16.1. The first-order chi connectivity index (χ1) is 13.1. The SMILES string of the molecule is Cc1cc(C)n2ccc(C(=O)NC3CCN(Cc4ccccc4)CC3)c2n1. The van der Waals surface area contributed by atoms with Crippen LogP contribution in [0, 0.1) is 13.8 Å². The van der Waals surface area contributed by atoms with Crippen LogP contribution < -0.4 is 5.32 Å². The molecular formula is C22H26N4O. The molecule has 0 unspecified atom stereocenters. The van der Waals surface area contributed by atoms with E-state index in [9.17, 15) is 4.79 Å². The normalized spacial score (nSPS) is 15.9. The summed E-state index contributed by atoms with van der Waals surface area (Å²) in [5, 5.41) is 3.22.